The Bertz CT molecular complexity index is 697. The third kappa shape index (κ3) is 4.47. The van der Waals surface area contributed by atoms with Gasteiger partial charge in [0, 0.05) is 43.3 Å². The third-order valence-corrected chi connectivity index (χ3v) is 5.03. The molecular weight excluding hydrogens is 328 g/mol. The molecule has 0 aliphatic carbocycles. The predicted molar refractivity (Wildman–Crippen MR) is 102 cm³/mol. The highest BCUT2D eigenvalue weighted by Gasteiger charge is 2.26. The van der Waals surface area contributed by atoms with Crippen molar-refractivity contribution < 1.29 is 4.79 Å². The molecule has 1 saturated heterocycles. The minimum Gasteiger partial charge on any atom is -0.337 e. The second-order valence-corrected chi connectivity index (χ2v) is 7.24. The number of aromatic amines is 1. The zero-order valence-electron chi connectivity index (χ0n) is 15.9. The van der Waals surface area contributed by atoms with Gasteiger partial charge in [0.2, 0.25) is 0 Å². The quantitative estimate of drug-likeness (QED) is 0.851. The van der Waals surface area contributed by atoms with E-state index in [4.69, 9.17) is 0 Å². The SMILES string of the molecule is CN(C)CCN(C)C1CCCN(C(=O)c2ccc(-c3ncn[nH]3)cc2)C1. The molecule has 1 aromatic heterocycles. The average Bonchev–Trinajstić information content (AvgIpc) is 3.20. The van der Waals surface area contributed by atoms with Crippen LogP contribution in [0.25, 0.3) is 11.4 Å². The van der Waals surface area contributed by atoms with Crippen LogP contribution in [0.5, 0.6) is 0 Å². The molecule has 26 heavy (non-hydrogen) atoms. The second kappa shape index (κ2) is 8.42. The highest BCUT2D eigenvalue weighted by Crippen LogP contribution is 2.19. The topological polar surface area (TPSA) is 68.4 Å². The minimum atomic E-state index is 0.111. The number of carbonyl (C=O) groups is 1. The van der Waals surface area contributed by atoms with E-state index >= 15 is 0 Å². The van der Waals surface area contributed by atoms with Crippen LogP contribution in [-0.2, 0) is 0 Å². The first-order valence-electron chi connectivity index (χ1n) is 9.14. The van der Waals surface area contributed by atoms with E-state index in [-0.39, 0.29) is 5.91 Å². The van der Waals surface area contributed by atoms with Crippen molar-refractivity contribution in [1.82, 2.24) is 29.9 Å². The van der Waals surface area contributed by atoms with Crippen LogP contribution >= 0.6 is 0 Å². The summed E-state index contributed by atoms with van der Waals surface area (Å²) in [5, 5.41) is 6.70. The van der Waals surface area contributed by atoms with E-state index in [1.807, 2.05) is 29.2 Å². The van der Waals surface area contributed by atoms with E-state index in [0.29, 0.717) is 11.9 Å². The molecule has 2 heterocycles. The van der Waals surface area contributed by atoms with E-state index in [2.05, 4.69) is 46.1 Å². The van der Waals surface area contributed by atoms with Crippen LogP contribution in [-0.4, -0.2) is 89.2 Å². The molecule has 1 amide bonds. The number of H-pyrrole nitrogens is 1. The fourth-order valence-corrected chi connectivity index (χ4v) is 3.34. The smallest absolute Gasteiger partial charge is 0.253 e. The number of likely N-dealkylation sites (N-methyl/N-ethyl adjacent to an activating group) is 2. The molecule has 140 valence electrons. The number of hydrogen-bond acceptors (Lipinski definition) is 5. The van der Waals surface area contributed by atoms with E-state index < -0.39 is 0 Å². The molecule has 0 radical (unpaired) electrons. The van der Waals surface area contributed by atoms with Gasteiger partial charge in [0.05, 0.1) is 0 Å². The number of aromatic nitrogens is 3. The summed E-state index contributed by atoms with van der Waals surface area (Å²) in [6.45, 7) is 3.68. The summed E-state index contributed by atoms with van der Waals surface area (Å²) in [4.78, 5) is 23.6. The molecule has 2 aromatic rings. The minimum absolute atomic E-state index is 0.111. The molecule has 0 saturated carbocycles. The Morgan fingerprint density at radius 2 is 2.00 bits per heavy atom. The second-order valence-electron chi connectivity index (χ2n) is 7.24. The molecule has 0 spiro atoms. The maximum Gasteiger partial charge on any atom is 0.253 e. The van der Waals surface area contributed by atoms with E-state index in [1.165, 1.54) is 6.33 Å². The maximum atomic E-state index is 12.9. The lowest BCUT2D eigenvalue weighted by Crippen LogP contribution is -2.49. The molecule has 1 aliphatic rings. The summed E-state index contributed by atoms with van der Waals surface area (Å²) in [5.74, 6) is 0.824. The number of amides is 1. The number of piperidine rings is 1. The number of carbonyl (C=O) groups excluding carboxylic acids is 1. The summed E-state index contributed by atoms with van der Waals surface area (Å²) in [6, 6.07) is 8.01. The summed E-state index contributed by atoms with van der Waals surface area (Å²) in [6.07, 6.45) is 3.69. The third-order valence-electron chi connectivity index (χ3n) is 5.03. The summed E-state index contributed by atoms with van der Waals surface area (Å²) < 4.78 is 0. The van der Waals surface area contributed by atoms with Gasteiger partial charge < -0.3 is 14.7 Å². The zero-order chi connectivity index (χ0) is 18.5. The first-order chi connectivity index (χ1) is 12.5. The van der Waals surface area contributed by atoms with Crippen LogP contribution < -0.4 is 0 Å². The van der Waals surface area contributed by atoms with Gasteiger partial charge in [-0.05, 0) is 46.1 Å². The molecular formula is C19H28N6O. The Balaban J connectivity index is 1.62. The standard InChI is InChI=1S/C19H28N6O/c1-23(2)11-12-24(3)17-5-4-10-25(13-17)19(26)16-8-6-15(7-9-16)18-20-14-21-22-18/h6-9,14,17H,4-5,10-13H2,1-3H3,(H,20,21,22). The van der Waals surface area contributed by atoms with Crippen LogP contribution in [0.3, 0.4) is 0 Å². The molecule has 1 fully saturated rings. The normalized spacial score (nSPS) is 17.9. The van der Waals surface area contributed by atoms with Crippen molar-refractivity contribution in [2.75, 3.05) is 47.3 Å². The van der Waals surface area contributed by atoms with Crippen molar-refractivity contribution in [3.05, 3.63) is 36.2 Å². The van der Waals surface area contributed by atoms with Crippen molar-refractivity contribution in [3.63, 3.8) is 0 Å². The molecule has 7 heteroatoms. The van der Waals surface area contributed by atoms with Gasteiger partial charge in [-0.1, -0.05) is 12.1 Å². The van der Waals surface area contributed by atoms with Gasteiger partial charge >= 0.3 is 0 Å². The maximum absolute atomic E-state index is 12.9. The summed E-state index contributed by atoms with van der Waals surface area (Å²) >= 11 is 0. The Labute approximate surface area is 155 Å². The number of nitrogens with zero attached hydrogens (tertiary/aromatic N) is 5. The van der Waals surface area contributed by atoms with Gasteiger partial charge in [-0.2, -0.15) is 5.10 Å². The number of benzene rings is 1. The molecule has 1 N–H and O–H groups in total. The number of hydrogen-bond donors (Lipinski definition) is 1. The van der Waals surface area contributed by atoms with Gasteiger partial charge in [0.25, 0.3) is 5.91 Å². The predicted octanol–water partition coefficient (Wildman–Crippen LogP) is 1.57. The van der Waals surface area contributed by atoms with E-state index in [9.17, 15) is 4.79 Å². The number of likely N-dealkylation sites (tertiary alicyclic amines) is 1. The van der Waals surface area contributed by atoms with Crippen LogP contribution in [0.2, 0.25) is 0 Å². The van der Waals surface area contributed by atoms with Crippen molar-refractivity contribution in [2.45, 2.75) is 18.9 Å². The number of rotatable bonds is 6. The Hall–Kier alpha value is -2.25. The highest BCUT2D eigenvalue weighted by molar-refractivity contribution is 5.94. The summed E-state index contributed by atoms with van der Waals surface area (Å²) in [7, 11) is 6.34. The van der Waals surface area contributed by atoms with Crippen LogP contribution in [0.1, 0.15) is 23.2 Å². The zero-order valence-corrected chi connectivity index (χ0v) is 15.9. The van der Waals surface area contributed by atoms with E-state index in [1.54, 1.807) is 0 Å². The van der Waals surface area contributed by atoms with Gasteiger partial charge in [-0.25, -0.2) is 4.98 Å². The van der Waals surface area contributed by atoms with Gasteiger partial charge in [0.1, 0.15) is 6.33 Å². The molecule has 3 rings (SSSR count). The fourth-order valence-electron chi connectivity index (χ4n) is 3.34. The highest BCUT2D eigenvalue weighted by atomic mass is 16.2. The average molecular weight is 356 g/mol. The first-order valence-corrected chi connectivity index (χ1v) is 9.14. The molecule has 1 aromatic carbocycles. The van der Waals surface area contributed by atoms with Crippen molar-refractivity contribution in [2.24, 2.45) is 0 Å². The molecule has 1 aliphatic heterocycles. The Morgan fingerprint density at radius 1 is 1.23 bits per heavy atom. The van der Waals surface area contributed by atoms with Gasteiger partial charge in [-0.15, -0.1) is 0 Å². The monoisotopic (exact) mass is 356 g/mol. The lowest BCUT2D eigenvalue weighted by molar-refractivity contribution is 0.0603. The molecule has 1 unspecified atom stereocenters. The van der Waals surface area contributed by atoms with Crippen LogP contribution in [0, 0.1) is 0 Å². The van der Waals surface area contributed by atoms with Crippen molar-refractivity contribution in [1.29, 1.82) is 0 Å². The fraction of sp³-hybridized carbons (Fsp3) is 0.526. The van der Waals surface area contributed by atoms with Gasteiger partial charge in [-0.3, -0.25) is 9.89 Å². The summed E-state index contributed by atoms with van der Waals surface area (Å²) in [5.41, 5.74) is 1.66. The first kappa shape index (κ1) is 18.5. The lowest BCUT2D eigenvalue weighted by Gasteiger charge is -2.38. The Morgan fingerprint density at radius 3 is 2.65 bits per heavy atom. The molecule has 1 atom stereocenters. The van der Waals surface area contributed by atoms with Crippen LogP contribution in [0.4, 0.5) is 0 Å². The molecule has 0 bridgehead atoms. The lowest BCUT2D eigenvalue weighted by atomic mass is 10.0. The largest absolute Gasteiger partial charge is 0.337 e. The van der Waals surface area contributed by atoms with Crippen molar-refractivity contribution >= 4 is 5.91 Å². The molecule has 7 nitrogen and oxygen atoms in total. The van der Waals surface area contributed by atoms with Crippen LogP contribution in [0.15, 0.2) is 30.6 Å². The Kier molecular flexibility index (Phi) is 6.00. The number of nitrogens with one attached hydrogen (secondary N) is 1. The van der Waals surface area contributed by atoms with Crippen molar-refractivity contribution in [3.8, 4) is 11.4 Å². The van der Waals surface area contributed by atoms with E-state index in [0.717, 1.165) is 50.1 Å². The van der Waals surface area contributed by atoms with Gasteiger partial charge in [0.15, 0.2) is 5.82 Å².